The number of nitrogens with zero attached hydrogens (tertiary/aromatic N) is 2. The molecule has 0 spiro atoms. The van der Waals surface area contributed by atoms with Crippen LogP contribution in [0.2, 0.25) is 0 Å². The van der Waals surface area contributed by atoms with E-state index in [0.29, 0.717) is 31.6 Å². The van der Waals surface area contributed by atoms with E-state index in [9.17, 15) is 9.90 Å². The largest absolute Gasteiger partial charge is 0.481 e. The monoisotopic (exact) mass is 309 g/mol. The zero-order valence-corrected chi connectivity index (χ0v) is 13.0. The summed E-state index contributed by atoms with van der Waals surface area (Å²) >= 11 is 0. The molecule has 0 bridgehead atoms. The molecule has 2 heterocycles. The molecule has 7 nitrogen and oxygen atoms in total. The second-order valence-corrected chi connectivity index (χ2v) is 5.66. The van der Waals surface area contributed by atoms with Gasteiger partial charge in [-0.25, -0.2) is 4.98 Å². The molecule has 0 aromatic carbocycles. The van der Waals surface area contributed by atoms with Gasteiger partial charge in [0.25, 0.3) is 0 Å². The molecule has 1 fully saturated rings. The average Bonchev–Trinajstić information content (AvgIpc) is 2.48. The summed E-state index contributed by atoms with van der Waals surface area (Å²) in [5.74, 6) is -0.285. The summed E-state index contributed by atoms with van der Waals surface area (Å²) in [5.41, 5.74) is 0. The molecular formula is C15H23N3O4. The number of ether oxygens (including phenoxy) is 2. The fourth-order valence-electron chi connectivity index (χ4n) is 2.51. The molecule has 1 aliphatic heterocycles. The van der Waals surface area contributed by atoms with Gasteiger partial charge in [0.1, 0.15) is 0 Å². The van der Waals surface area contributed by atoms with Crippen molar-refractivity contribution in [2.75, 3.05) is 25.1 Å². The van der Waals surface area contributed by atoms with Crippen LogP contribution in [-0.2, 0) is 9.53 Å². The number of carboxylic acid groups (broad SMARTS) is 1. The van der Waals surface area contributed by atoms with Crippen LogP contribution in [0.4, 0.5) is 5.95 Å². The summed E-state index contributed by atoms with van der Waals surface area (Å²) in [4.78, 5) is 19.8. The van der Waals surface area contributed by atoms with Crippen molar-refractivity contribution >= 4 is 11.9 Å². The Balaban J connectivity index is 1.95. The first-order valence-corrected chi connectivity index (χ1v) is 7.60. The van der Waals surface area contributed by atoms with Crippen LogP contribution < -0.4 is 10.1 Å². The van der Waals surface area contributed by atoms with Gasteiger partial charge < -0.3 is 19.9 Å². The van der Waals surface area contributed by atoms with Crippen LogP contribution in [0.1, 0.15) is 26.7 Å². The van der Waals surface area contributed by atoms with Gasteiger partial charge >= 0.3 is 5.97 Å². The minimum absolute atomic E-state index is 0.0248. The predicted molar refractivity (Wildman–Crippen MR) is 81.0 cm³/mol. The Bertz CT molecular complexity index is 489. The van der Waals surface area contributed by atoms with Crippen molar-refractivity contribution in [3.05, 3.63) is 12.3 Å². The van der Waals surface area contributed by atoms with Gasteiger partial charge in [0.05, 0.1) is 12.0 Å². The van der Waals surface area contributed by atoms with E-state index < -0.39 is 11.9 Å². The van der Waals surface area contributed by atoms with E-state index in [0.717, 1.165) is 12.8 Å². The standard InChI is InChI=1S/C15H23N3O4/c1-10(2)22-13-3-6-16-15(18-13)17-9-12(14(19)20)11-4-7-21-8-5-11/h3,6,10-12H,4-5,7-9H2,1-2H3,(H,19,20)(H,16,17,18). The molecule has 1 atom stereocenters. The molecular weight excluding hydrogens is 286 g/mol. The molecule has 1 aliphatic rings. The number of aliphatic carboxylic acids is 1. The number of rotatable bonds is 7. The Hall–Kier alpha value is -1.89. The Labute approximate surface area is 130 Å². The summed E-state index contributed by atoms with van der Waals surface area (Å²) in [6.07, 6.45) is 3.17. The summed E-state index contributed by atoms with van der Waals surface area (Å²) in [6, 6.07) is 1.68. The molecule has 0 aliphatic carbocycles. The highest BCUT2D eigenvalue weighted by Gasteiger charge is 2.29. The molecule has 1 unspecified atom stereocenters. The van der Waals surface area contributed by atoms with Crippen LogP contribution in [0.15, 0.2) is 12.3 Å². The quantitative estimate of drug-likeness (QED) is 0.793. The molecule has 2 N–H and O–H groups in total. The lowest BCUT2D eigenvalue weighted by Gasteiger charge is -2.27. The van der Waals surface area contributed by atoms with E-state index in [1.165, 1.54) is 0 Å². The van der Waals surface area contributed by atoms with E-state index in [-0.39, 0.29) is 12.0 Å². The van der Waals surface area contributed by atoms with Crippen molar-refractivity contribution in [2.24, 2.45) is 11.8 Å². The second-order valence-electron chi connectivity index (χ2n) is 5.66. The third kappa shape index (κ3) is 4.84. The van der Waals surface area contributed by atoms with Crippen molar-refractivity contribution in [2.45, 2.75) is 32.8 Å². The Morgan fingerprint density at radius 1 is 1.50 bits per heavy atom. The van der Waals surface area contributed by atoms with Crippen LogP contribution in [-0.4, -0.2) is 46.9 Å². The minimum atomic E-state index is -0.797. The van der Waals surface area contributed by atoms with Crippen LogP contribution in [0.3, 0.4) is 0 Å². The molecule has 0 saturated carbocycles. The molecule has 0 amide bonds. The Morgan fingerprint density at radius 3 is 2.86 bits per heavy atom. The molecule has 7 heteroatoms. The highest BCUT2D eigenvalue weighted by Crippen LogP contribution is 2.24. The number of aromatic nitrogens is 2. The van der Waals surface area contributed by atoms with E-state index >= 15 is 0 Å². The van der Waals surface area contributed by atoms with Gasteiger partial charge in [-0.05, 0) is 32.6 Å². The predicted octanol–water partition coefficient (Wildman–Crippen LogP) is 1.80. The number of hydrogen-bond acceptors (Lipinski definition) is 6. The van der Waals surface area contributed by atoms with Crippen molar-refractivity contribution in [1.29, 1.82) is 0 Å². The summed E-state index contributed by atoms with van der Waals surface area (Å²) in [6.45, 7) is 5.39. The van der Waals surface area contributed by atoms with Crippen LogP contribution in [0.25, 0.3) is 0 Å². The second kappa shape index (κ2) is 7.93. The van der Waals surface area contributed by atoms with Gasteiger partial charge in [0.15, 0.2) is 0 Å². The van der Waals surface area contributed by atoms with Gasteiger partial charge in [0.2, 0.25) is 11.8 Å². The highest BCUT2D eigenvalue weighted by atomic mass is 16.5. The van der Waals surface area contributed by atoms with E-state index in [1.807, 2.05) is 13.8 Å². The zero-order valence-electron chi connectivity index (χ0n) is 13.0. The number of hydrogen-bond donors (Lipinski definition) is 2. The van der Waals surface area contributed by atoms with Crippen LogP contribution >= 0.6 is 0 Å². The smallest absolute Gasteiger partial charge is 0.308 e. The first kappa shape index (κ1) is 16.5. The number of carbonyl (C=O) groups is 1. The lowest BCUT2D eigenvalue weighted by molar-refractivity contribution is -0.144. The van der Waals surface area contributed by atoms with Crippen molar-refractivity contribution in [1.82, 2.24) is 9.97 Å². The third-order valence-corrected chi connectivity index (χ3v) is 3.62. The molecule has 122 valence electrons. The maximum atomic E-state index is 11.5. The summed E-state index contributed by atoms with van der Waals surface area (Å²) in [7, 11) is 0. The highest BCUT2D eigenvalue weighted by molar-refractivity contribution is 5.71. The van der Waals surface area contributed by atoms with Gasteiger partial charge in [-0.1, -0.05) is 0 Å². The first-order valence-electron chi connectivity index (χ1n) is 7.60. The van der Waals surface area contributed by atoms with Gasteiger partial charge in [-0.3, -0.25) is 4.79 Å². The minimum Gasteiger partial charge on any atom is -0.481 e. The van der Waals surface area contributed by atoms with Gasteiger partial charge in [-0.2, -0.15) is 4.98 Å². The summed E-state index contributed by atoms with van der Waals surface area (Å²) in [5, 5.41) is 12.4. The maximum Gasteiger partial charge on any atom is 0.308 e. The van der Waals surface area contributed by atoms with Gasteiger partial charge in [0, 0.05) is 32.0 Å². The lowest BCUT2D eigenvalue weighted by atomic mass is 9.86. The Kier molecular flexibility index (Phi) is 5.94. The fourth-order valence-corrected chi connectivity index (χ4v) is 2.51. The fraction of sp³-hybridized carbons (Fsp3) is 0.667. The topological polar surface area (TPSA) is 93.6 Å². The zero-order chi connectivity index (χ0) is 15.9. The normalized spacial score (nSPS) is 17.2. The Morgan fingerprint density at radius 2 is 2.23 bits per heavy atom. The van der Waals surface area contributed by atoms with Crippen molar-refractivity contribution in [3.8, 4) is 5.88 Å². The molecule has 0 radical (unpaired) electrons. The molecule has 22 heavy (non-hydrogen) atoms. The lowest BCUT2D eigenvalue weighted by Crippen LogP contribution is -2.34. The van der Waals surface area contributed by atoms with Gasteiger partial charge in [-0.15, -0.1) is 0 Å². The summed E-state index contributed by atoms with van der Waals surface area (Å²) < 4.78 is 10.8. The molecule has 2 rings (SSSR count). The SMILES string of the molecule is CC(C)Oc1ccnc(NCC(C(=O)O)C2CCOCC2)n1. The van der Waals surface area contributed by atoms with E-state index in [1.54, 1.807) is 12.3 Å². The molecule has 1 aromatic heterocycles. The number of carboxylic acids is 1. The first-order chi connectivity index (χ1) is 10.6. The average molecular weight is 309 g/mol. The van der Waals surface area contributed by atoms with Crippen LogP contribution in [0, 0.1) is 11.8 Å². The van der Waals surface area contributed by atoms with E-state index in [4.69, 9.17) is 9.47 Å². The van der Waals surface area contributed by atoms with Crippen molar-refractivity contribution in [3.63, 3.8) is 0 Å². The number of nitrogens with one attached hydrogen (secondary N) is 1. The maximum absolute atomic E-state index is 11.5. The third-order valence-electron chi connectivity index (χ3n) is 3.62. The molecule has 1 saturated heterocycles. The van der Waals surface area contributed by atoms with Crippen LogP contribution in [0.5, 0.6) is 5.88 Å². The van der Waals surface area contributed by atoms with Crippen molar-refractivity contribution < 1.29 is 19.4 Å². The van der Waals surface area contributed by atoms with E-state index in [2.05, 4.69) is 15.3 Å². The molecule has 1 aromatic rings. The number of anilines is 1.